The van der Waals surface area contributed by atoms with Crippen LogP contribution in [0.5, 0.6) is 0 Å². The third-order valence-electron chi connectivity index (χ3n) is 5.37. The summed E-state index contributed by atoms with van der Waals surface area (Å²) in [6.45, 7) is 6.41. The molecule has 3 aromatic rings. The van der Waals surface area contributed by atoms with Gasteiger partial charge in [-0.15, -0.1) is 0 Å². The van der Waals surface area contributed by atoms with Crippen LogP contribution in [0.1, 0.15) is 32.7 Å². The van der Waals surface area contributed by atoms with Gasteiger partial charge in [-0.3, -0.25) is 9.88 Å². The number of ether oxygens (including phenoxy) is 2. The molecule has 5 nitrogen and oxygen atoms in total. The average Bonchev–Trinajstić information content (AvgIpc) is 2.83. The number of hydrogen-bond donors (Lipinski definition) is 0. The molecule has 1 fully saturated rings. The molecule has 1 aliphatic heterocycles. The molecule has 0 unspecified atom stereocenters. The Morgan fingerprint density at radius 2 is 1.62 bits per heavy atom. The van der Waals surface area contributed by atoms with Crippen LogP contribution in [-0.4, -0.2) is 49.3 Å². The first-order valence-electron chi connectivity index (χ1n) is 10.7. The largest absolute Gasteiger partial charge is 0.465 e. The number of methoxy groups -OCH3 is 1. The number of morpholine rings is 1. The van der Waals surface area contributed by atoms with Crippen LogP contribution in [0.2, 0.25) is 0 Å². The molecule has 1 aliphatic rings. The van der Waals surface area contributed by atoms with Gasteiger partial charge in [-0.1, -0.05) is 36.1 Å². The molecule has 0 saturated carbocycles. The van der Waals surface area contributed by atoms with Crippen LogP contribution < -0.4 is 0 Å². The summed E-state index contributed by atoms with van der Waals surface area (Å²) in [4.78, 5) is 18.8. The summed E-state index contributed by atoms with van der Waals surface area (Å²) in [5, 5.41) is 0. The minimum absolute atomic E-state index is 0.366. The maximum Gasteiger partial charge on any atom is 0.337 e. The highest BCUT2D eigenvalue weighted by molar-refractivity contribution is 5.90. The van der Waals surface area contributed by atoms with E-state index in [1.165, 1.54) is 12.7 Å². The Morgan fingerprint density at radius 1 is 1.00 bits per heavy atom. The Balaban J connectivity index is 1.43. The van der Waals surface area contributed by atoms with E-state index in [2.05, 4.69) is 46.0 Å². The van der Waals surface area contributed by atoms with Crippen molar-refractivity contribution < 1.29 is 14.3 Å². The predicted octanol–water partition coefficient (Wildman–Crippen LogP) is 4.08. The molecule has 0 N–H and O–H groups in total. The van der Waals surface area contributed by atoms with Gasteiger partial charge in [0.05, 0.1) is 31.6 Å². The lowest BCUT2D eigenvalue weighted by Crippen LogP contribution is -2.35. The van der Waals surface area contributed by atoms with Gasteiger partial charge < -0.3 is 9.47 Å². The molecule has 1 saturated heterocycles. The van der Waals surface area contributed by atoms with Crippen LogP contribution in [0.15, 0.2) is 60.7 Å². The monoisotopic (exact) mass is 426 g/mol. The number of benzene rings is 2. The molecule has 0 bridgehead atoms. The van der Waals surface area contributed by atoms with E-state index < -0.39 is 0 Å². The lowest BCUT2D eigenvalue weighted by Gasteiger charge is -2.26. The van der Waals surface area contributed by atoms with E-state index in [0.717, 1.165) is 60.9 Å². The lowest BCUT2D eigenvalue weighted by molar-refractivity contribution is 0.0342. The molecule has 5 heteroatoms. The maximum absolute atomic E-state index is 11.9. The number of nitrogens with zero attached hydrogens (tertiary/aromatic N) is 2. The van der Waals surface area contributed by atoms with Gasteiger partial charge in [-0.2, -0.15) is 0 Å². The lowest BCUT2D eigenvalue weighted by atomic mass is 10.1. The maximum atomic E-state index is 11.9. The van der Waals surface area contributed by atoms with Gasteiger partial charge in [-0.05, 0) is 48.9 Å². The van der Waals surface area contributed by atoms with Gasteiger partial charge in [0.2, 0.25) is 0 Å². The van der Waals surface area contributed by atoms with Crippen LogP contribution in [0.25, 0.3) is 11.3 Å². The second-order valence-electron chi connectivity index (χ2n) is 7.79. The highest BCUT2D eigenvalue weighted by Crippen LogP contribution is 2.20. The van der Waals surface area contributed by atoms with Gasteiger partial charge in [0.25, 0.3) is 0 Å². The van der Waals surface area contributed by atoms with E-state index in [4.69, 9.17) is 9.47 Å². The third-order valence-corrected chi connectivity index (χ3v) is 5.37. The summed E-state index contributed by atoms with van der Waals surface area (Å²) >= 11 is 0. The molecule has 4 rings (SSSR count). The smallest absolute Gasteiger partial charge is 0.337 e. The Kier molecular flexibility index (Phi) is 6.96. The SMILES string of the molecule is COC(=O)c1cc(C)nc(-c2ccc(C#Cc3ccc(CN4CCOCC4)cc3)cc2)c1. The second kappa shape index (κ2) is 10.2. The molecule has 2 heterocycles. The molecule has 0 amide bonds. The van der Waals surface area contributed by atoms with Gasteiger partial charge >= 0.3 is 5.97 Å². The van der Waals surface area contributed by atoms with Crippen LogP contribution in [0.4, 0.5) is 0 Å². The zero-order valence-corrected chi connectivity index (χ0v) is 18.4. The van der Waals surface area contributed by atoms with Crippen molar-refractivity contribution in [1.82, 2.24) is 9.88 Å². The van der Waals surface area contributed by atoms with E-state index >= 15 is 0 Å². The first-order chi connectivity index (χ1) is 15.6. The van der Waals surface area contributed by atoms with Crippen LogP contribution >= 0.6 is 0 Å². The topological polar surface area (TPSA) is 51.7 Å². The van der Waals surface area contributed by atoms with Gasteiger partial charge in [-0.25, -0.2) is 4.79 Å². The Bertz CT molecular complexity index is 1140. The minimum atomic E-state index is -0.366. The number of carbonyl (C=O) groups is 1. The molecule has 32 heavy (non-hydrogen) atoms. The molecular weight excluding hydrogens is 400 g/mol. The van der Waals surface area contributed by atoms with Crippen LogP contribution in [0.3, 0.4) is 0 Å². The Morgan fingerprint density at radius 3 is 2.25 bits per heavy atom. The molecule has 1 aromatic heterocycles. The fourth-order valence-corrected chi connectivity index (χ4v) is 3.63. The number of aryl methyl sites for hydroxylation is 1. The molecule has 0 atom stereocenters. The highest BCUT2D eigenvalue weighted by Gasteiger charge is 2.11. The summed E-state index contributed by atoms with van der Waals surface area (Å²) in [7, 11) is 1.38. The van der Waals surface area contributed by atoms with Crippen molar-refractivity contribution >= 4 is 5.97 Å². The van der Waals surface area contributed by atoms with E-state index in [1.807, 2.05) is 31.2 Å². The van der Waals surface area contributed by atoms with Crippen molar-refractivity contribution in [3.63, 3.8) is 0 Å². The van der Waals surface area contributed by atoms with E-state index in [-0.39, 0.29) is 5.97 Å². The van der Waals surface area contributed by atoms with Crippen molar-refractivity contribution in [3.05, 3.63) is 88.6 Å². The number of aromatic nitrogens is 1. The van der Waals surface area contributed by atoms with Gasteiger partial charge in [0, 0.05) is 42.0 Å². The summed E-state index contributed by atoms with van der Waals surface area (Å²) in [5.74, 6) is 6.08. The predicted molar refractivity (Wildman–Crippen MR) is 124 cm³/mol. The fourth-order valence-electron chi connectivity index (χ4n) is 3.63. The fraction of sp³-hybridized carbons (Fsp3) is 0.259. The van der Waals surface area contributed by atoms with Gasteiger partial charge in [0.1, 0.15) is 0 Å². The third kappa shape index (κ3) is 5.61. The molecular formula is C27H26N2O3. The molecule has 0 radical (unpaired) electrons. The molecule has 2 aromatic carbocycles. The zero-order valence-electron chi connectivity index (χ0n) is 18.4. The van der Waals surface area contributed by atoms with Crippen molar-refractivity contribution in [2.24, 2.45) is 0 Å². The number of esters is 1. The van der Waals surface area contributed by atoms with E-state index in [9.17, 15) is 4.79 Å². The van der Waals surface area contributed by atoms with E-state index in [0.29, 0.717) is 5.56 Å². The Labute approximate surface area is 189 Å². The summed E-state index contributed by atoms with van der Waals surface area (Å²) in [6.07, 6.45) is 0. The molecule has 0 aliphatic carbocycles. The number of pyridine rings is 1. The van der Waals surface area contributed by atoms with Crippen molar-refractivity contribution in [2.75, 3.05) is 33.4 Å². The summed E-state index contributed by atoms with van der Waals surface area (Å²) in [5.41, 5.74) is 6.13. The Hall–Kier alpha value is -3.46. The first-order valence-corrected chi connectivity index (χ1v) is 10.7. The second-order valence-corrected chi connectivity index (χ2v) is 7.79. The van der Waals surface area contributed by atoms with E-state index in [1.54, 1.807) is 12.1 Å². The number of hydrogen-bond acceptors (Lipinski definition) is 5. The number of rotatable bonds is 4. The number of carbonyl (C=O) groups excluding carboxylic acids is 1. The standard InChI is InChI=1S/C27H26N2O3/c1-20-17-25(27(30)31-2)18-26(28-20)24-11-9-22(10-12-24)4-3-21-5-7-23(8-6-21)19-29-13-15-32-16-14-29/h5-12,17-18H,13-16,19H2,1-2H3. The van der Waals surface area contributed by atoms with Crippen molar-refractivity contribution in [3.8, 4) is 23.1 Å². The zero-order chi connectivity index (χ0) is 22.3. The normalized spacial score (nSPS) is 13.8. The average molecular weight is 427 g/mol. The van der Waals surface area contributed by atoms with Crippen molar-refractivity contribution in [2.45, 2.75) is 13.5 Å². The minimum Gasteiger partial charge on any atom is -0.465 e. The first kappa shape index (κ1) is 21.8. The van der Waals surface area contributed by atoms with Gasteiger partial charge in [0.15, 0.2) is 0 Å². The van der Waals surface area contributed by atoms with Crippen LogP contribution in [-0.2, 0) is 16.0 Å². The highest BCUT2D eigenvalue weighted by atomic mass is 16.5. The summed E-state index contributed by atoms with van der Waals surface area (Å²) < 4.78 is 10.2. The molecule has 162 valence electrons. The van der Waals surface area contributed by atoms with Crippen LogP contribution in [0, 0.1) is 18.8 Å². The molecule has 0 spiro atoms. The quantitative estimate of drug-likeness (QED) is 0.465. The summed E-state index contributed by atoms with van der Waals surface area (Å²) in [6, 6.07) is 19.8. The van der Waals surface area contributed by atoms with Crippen molar-refractivity contribution in [1.29, 1.82) is 0 Å².